The molecule has 0 spiro atoms. The first-order valence-corrected chi connectivity index (χ1v) is 5.79. The first-order chi connectivity index (χ1) is 6.24. The SMILES string of the molecule is CNCC(C)C(C)Cc1cccs1. The standard InChI is InChI=1S/C11H19NS/c1-9(10(2)8-12-3)7-11-5-4-6-13-11/h4-6,9-10,12H,7-8H2,1-3H3. The van der Waals surface area contributed by atoms with Gasteiger partial charge in [-0.25, -0.2) is 0 Å². The topological polar surface area (TPSA) is 12.0 Å². The van der Waals surface area contributed by atoms with E-state index in [2.05, 4.69) is 36.7 Å². The quantitative estimate of drug-likeness (QED) is 0.765. The van der Waals surface area contributed by atoms with Crippen LogP contribution in [0.15, 0.2) is 17.5 Å². The molecule has 74 valence electrons. The highest BCUT2D eigenvalue weighted by atomic mass is 32.1. The van der Waals surface area contributed by atoms with E-state index in [9.17, 15) is 0 Å². The van der Waals surface area contributed by atoms with Crippen LogP contribution in [-0.4, -0.2) is 13.6 Å². The van der Waals surface area contributed by atoms with Gasteiger partial charge < -0.3 is 5.32 Å². The lowest BCUT2D eigenvalue weighted by Crippen LogP contribution is -2.22. The smallest absolute Gasteiger partial charge is 0.00479 e. The zero-order chi connectivity index (χ0) is 9.68. The minimum Gasteiger partial charge on any atom is -0.319 e. The van der Waals surface area contributed by atoms with Gasteiger partial charge in [0, 0.05) is 4.88 Å². The first-order valence-electron chi connectivity index (χ1n) is 4.91. The van der Waals surface area contributed by atoms with Crippen LogP contribution in [0.1, 0.15) is 18.7 Å². The molecule has 0 aliphatic carbocycles. The Kier molecular flexibility index (Phi) is 4.46. The Morgan fingerprint density at radius 2 is 2.15 bits per heavy atom. The zero-order valence-electron chi connectivity index (χ0n) is 8.71. The second kappa shape index (κ2) is 5.40. The van der Waals surface area contributed by atoms with E-state index in [-0.39, 0.29) is 0 Å². The third kappa shape index (κ3) is 3.49. The molecule has 0 fully saturated rings. The minimum absolute atomic E-state index is 0.757. The molecular formula is C11H19NS. The van der Waals surface area contributed by atoms with Gasteiger partial charge in [0.05, 0.1) is 0 Å². The first kappa shape index (κ1) is 10.7. The van der Waals surface area contributed by atoms with Crippen LogP contribution in [0.2, 0.25) is 0 Å². The molecule has 2 atom stereocenters. The largest absolute Gasteiger partial charge is 0.319 e. The van der Waals surface area contributed by atoms with E-state index in [0.29, 0.717) is 0 Å². The predicted octanol–water partition coefficient (Wildman–Crippen LogP) is 2.78. The summed E-state index contributed by atoms with van der Waals surface area (Å²) in [5.74, 6) is 1.53. The maximum Gasteiger partial charge on any atom is 0.00479 e. The average Bonchev–Trinajstić information content (AvgIpc) is 2.57. The molecule has 1 N–H and O–H groups in total. The van der Waals surface area contributed by atoms with Crippen molar-refractivity contribution in [2.45, 2.75) is 20.3 Å². The summed E-state index contributed by atoms with van der Waals surface area (Å²) in [5.41, 5.74) is 0. The van der Waals surface area contributed by atoms with Gasteiger partial charge >= 0.3 is 0 Å². The molecule has 0 bridgehead atoms. The number of nitrogens with one attached hydrogen (secondary N) is 1. The molecule has 1 nitrogen and oxygen atoms in total. The summed E-state index contributed by atoms with van der Waals surface area (Å²) < 4.78 is 0. The van der Waals surface area contributed by atoms with E-state index < -0.39 is 0 Å². The van der Waals surface area contributed by atoms with Gasteiger partial charge in [-0.1, -0.05) is 19.9 Å². The number of rotatable bonds is 5. The second-order valence-electron chi connectivity index (χ2n) is 3.80. The Morgan fingerprint density at radius 3 is 2.69 bits per heavy atom. The van der Waals surface area contributed by atoms with Crippen LogP contribution >= 0.6 is 11.3 Å². The van der Waals surface area contributed by atoms with Crippen LogP contribution in [0.3, 0.4) is 0 Å². The number of hydrogen-bond acceptors (Lipinski definition) is 2. The van der Waals surface area contributed by atoms with E-state index in [1.165, 1.54) is 11.3 Å². The third-order valence-corrected chi connectivity index (χ3v) is 3.50. The summed E-state index contributed by atoms with van der Waals surface area (Å²) in [6, 6.07) is 4.36. The van der Waals surface area contributed by atoms with E-state index in [1.807, 2.05) is 18.4 Å². The minimum atomic E-state index is 0.757. The molecule has 0 saturated carbocycles. The van der Waals surface area contributed by atoms with Crippen LogP contribution < -0.4 is 5.32 Å². The molecule has 0 aliphatic rings. The molecule has 13 heavy (non-hydrogen) atoms. The normalized spacial score (nSPS) is 15.6. The lowest BCUT2D eigenvalue weighted by molar-refractivity contribution is 0.376. The van der Waals surface area contributed by atoms with Crippen molar-refractivity contribution in [2.75, 3.05) is 13.6 Å². The molecule has 0 aromatic carbocycles. The molecule has 0 aliphatic heterocycles. The van der Waals surface area contributed by atoms with Crippen molar-refractivity contribution in [3.05, 3.63) is 22.4 Å². The molecule has 2 unspecified atom stereocenters. The van der Waals surface area contributed by atoms with Crippen LogP contribution in [0, 0.1) is 11.8 Å². The fourth-order valence-corrected chi connectivity index (χ4v) is 2.32. The molecule has 0 radical (unpaired) electrons. The monoisotopic (exact) mass is 197 g/mol. The predicted molar refractivity (Wildman–Crippen MR) is 60.3 cm³/mol. The molecule has 0 saturated heterocycles. The lowest BCUT2D eigenvalue weighted by Gasteiger charge is -2.18. The van der Waals surface area contributed by atoms with Crippen molar-refractivity contribution in [1.82, 2.24) is 5.32 Å². The molecule has 0 amide bonds. The fourth-order valence-electron chi connectivity index (χ4n) is 1.47. The summed E-state index contributed by atoms with van der Waals surface area (Å²) in [6.07, 6.45) is 1.22. The van der Waals surface area contributed by atoms with Gasteiger partial charge in [-0.2, -0.15) is 0 Å². The maximum atomic E-state index is 3.23. The summed E-state index contributed by atoms with van der Waals surface area (Å²) >= 11 is 1.87. The van der Waals surface area contributed by atoms with E-state index in [4.69, 9.17) is 0 Å². The molecular weight excluding hydrogens is 178 g/mol. The van der Waals surface area contributed by atoms with Crippen molar-refractivity contribution in [2.24, 2.45) is 11.8 Å². The highest BCUT2D eigenvalue weighted by Crippen LogP contribution is 2.19. The van der Waals surface area contributed by atoms with Gasteiger partial charge in [-0.05, 0) is 43.3 Å². The molecule has 1 heterocycles. The molecule has 1 aromatic heterocycles. The molecule has 2 heteroatoms. The fraction of sp³-hybridized carbons (Fsp3) is 0.636. The highest BCUT2D eigenvalue weighted by Gasteiger charge is 2.11. The lowest BCUT2D eigenvalue weighted by atomic mass is 9.92. The Bertz CT molecular complexity index is 218. The summed E-state index contributed by atoms with van der Waals surface area (Å²) in [7, 11) is 2.02. The summed E-state index contributed by atoms with van der Waals surface area (Å²) in [4.78, 5) is 1.51. The van der Waals surface area contributed by atoms with Crippen molar-refractivity contribution in [3.8, 4) is 0 Å². The Balaban J connectivity index is 2.36. The van der Waals surface area contributed by atoms with E-state index >= 15 is 0 Å². The van der Waals surface area contributed by atoms with Gasteiger partial charge in [0.25, 0.3) is 0 Å². The molecule has 1 rings (SSSR count). The van der Waals surface area contributed by atoms with Crippen molar-refractivity contribution in [3.63, 3.8) is 0 Å². The van der Waals surface area contributed by atoms with Gasteiger partial charge in [0.15, 0.2) is 0 Å². The van der Waals surface area contributed by atoms with Crippen molar-refractivity contribution in [1.29, 1.82) is 0 Å². The van der Waals surface area contributed by atoms with Crippen molar-refractivity contribution >= 4 is 11.3 Å². The average molecular weight is 197 g/mol. The zero-order valence-corrected chi connectivity index (χ0v) is 9.53. The van der Waals surface area contributed by atoms with E-state index in [1.54, 1.807) is 0 Å². The number of hydrogen-bond donors (Lipinski definition) is 1. The van der Waals surface area contributed by atoms with E-state index in [0.717, 1.165) is 18.4 Å². The van der Waals surface area contributed by atoms with Crippen LogP contribution in [0.4, 0.5) is 0 Å². The maximum absolute atomic E-state index is 3.23. The van der Waals surface area contributed by atoms with Crippen LogP contribution in [-0.2, 0) is 6.42 Å². The Labute approximate surface area is 85.2 Å². The number of thiophene rings is 1. The summed E-state index contributed by atoms with van der Waals surface area (Å²) in [6.45, 7) is 5.77. The summed E-state index contributed by atoms with van der Waals surface area (Å²) in [5, 5.41) is 5.39. The van der Waals surface area contributed by atoms with Gasteiger partial charge in [-0.15, -0.1) is 11.3 Å². The van der Waals surface area contributed by atoms with Gasteiger partial charge in [0.2, 0.25) is 0 Å². The Morgan fingerprint density at radius 1 is 1.38 bits per heavy atom. The van der Waals surface area contributed by atoms with Gasteiger partial charge in [0.1, 0.15) is 0 Å². The molecule has 1 aromatic rings. The van der Waals surface area contributed by atoms with Crippen LogP contribution in [0.25, 0.3) is 0 Å². The third-order valence-electron chi connectivity index (χ3n) is 2.60. The van der Waals surface area contributed by atoms with Crippen molar-refractivity contribution < 1.29 is 0 Å². The van der Waals surface area contributed by atoms with Crippen LogP contribution in [0.5, 0.6) is 0 Å². The second-order valence-corrected chi connectivity index (χ2v) is 4.83. The Hall–Kier alpha value is -0.340. The van der Waals surface area contributed by atoms with Gasteiger partial charge in [-0.3, -0.25) is 0 Å². The highest BCUT2D eigenvalue weighted by molar-refractivity contribution is 7.09.